The van der Waals surface area contributed by atoms with E-state index >= 15 is 0 Å². The molecule has 1 atom stereocenters. The van der Waals surface area contributed by atoms with Crippen LogP contribution in [-0.2, 0) is 0 Å². The van der Waals surface area contributed by atoms with E-state index in [2.05, 4.69) is 0 Å². The van der Waals surface area contributed by atoms with Crippen LogP contribution in [0.3, 0.4) is 0 Å². The molecule has 0 radical (unpaired) electrons. The summed E-state index contributed by atoms with van der Waals surface area (Å²) in [7, 11) is 0. The fraction of sp³-hybridized carbons (Fsp3) is 0.417. The molecule has 0 fully saturated rings. The maximum Gasteiger partial charge on any atom is 0.167 e. The first-order chi connectivity index (χ1) is 6.93. The Kier molecular flexibility index (Phi) is 4.18. The van der Waals surface area contributed by atoms with Crippen LogP contribution in [0.1, 0.15) is 31.1 Å². The minimum Gasteiger partial charge on any atom is -0.294 e. The highest BCUT2D eigenvalue weighted by Crippen LogP contribution is 2.25. The zero-order valence-corrected chi connectivity index (χ0v) is 10.6. The minimum absolute atomic E-state index is 0.0408. The zero-order valence-electron chi connectivity index (χ0n) is 9.05. The summed E-state index contributed by atoms with van der Waals surface area (Å²) in [6.45, 7) is 5.94. The summed E-state index contributed by atoms with van der Waals surface area (Å²) in [6, 6.07) is 4.97. The second-order valence-corrected chi connectivity index (χ2v) is 4.86. The summed E-state index contributed by atoms with van der Waals surface area (Å²) in [5, 5.41) is 1.01. The predicted octanol–water partition coefficient (Wildman–Crippen LogP) is 4.47. The van der Waals surface area contributed by atoms with Gasteiger partial charge in [-0.3, -0.25) is 4.79 Å². The lowest BCUT2D eigenvalue weighted by atomic mass is 9.90. The highest BCUT2D eigenvalue weighted by atomic mass is 35.5. The standard InChI is InChI=1S/C12H14Cl2O/c1-7(2)8(3)12(15)10-6-9(13)4-5-11(10)14/h4-8H,1-3H3. The Morgan fingerprint density at radius 3 is 2.33 bits per heavy atom. The van der Waals surface area contributed by atoms with Crippen molar-refractivity contribution in [3.63, 3.8) is 0 Å². The number of benzene rings is 1. The van der Waals surface area contributed by atoms with Gasteiger partial charge in [-0.05, 0) is 24.1 Å². The number of hydrogen-bond acceptors (Lipinski definition) is 1. The molecule has 1 unspecified atom stereocenters. The van der Waals surface area contributed by atoms with Crippen LogP contribution in [0.15, 0.2) is 18.2 Å². The molecule has 1 nitrogen and oxygen atoms in total. The molecule has 1 aromatic rings. The van der Waals surface area contributed by atoms with E-state index in [1.165, 1.54) is 0 Å². The van der Waals surface area contributed by atoms with Crippen LogP contribution in [0.25, 0.3) is 0 Å². The summed E-state index contributed by atoms with van der Waals surface area (Å²) >= 11 is 11.8. The molecule has 0 aromatic heterocycles. The Hall–Kier alpha value is -0.530. The fourth-order valence-corrected chi connectivity index (χ4v) is 1.62. The SMILES string of the molecule is CC(C)C(C)C(=O)c1cc(Cl)ccc1Cl. The van der Waals surface area contributed by atoms with Gasteiger partial charge in [0.2, 0.25) is 0 Å². The van der Waals surface area contributed by atoms with Crippen LogP contribution in [-0.4, -0.2) is 5.78 Å². The van der Waals surface area contributed by atoms with Gasteiger partial charge in [0.25, 0.3) is 0 Å². The smallest absolute Gasteiger partial charge is 0.167 e. The molecule has 0 bridgehead atoms. The van der Waals surface area contributed by atoms with E-state index in [4.69, 9.17) is 23.2 Å². The monoisotopic (exact) mass is 244 g/mol. The summed E-state index contributed by atoms with van der Waals surface area (Å²) in [4.78, 5) is 12.0. The molecule has 3 heteroatoms. The average molecular weight is 245 g/mol. The predicted molar refractivity (Wildman–Crippen MR) is 64.8 cm³/mol. The second-order valence-electron chi connectivity index (χ2n) is 4.02. The third-order valence-electron chi connectivity index (χ3n) is 2.61. The zero-order chi connectivity index (χ0) is 11.6. The molecule has 0 aliphatic rings. The first kappa shape index (κ1) is 12.5. The number of hydrogen-bond donors (Lipinski definition) is 0. The van der Waals surface area contributed by atoms with Gasteiger partial charge in [-0.15, -0.1) is 0 Å². The maximum atomic E-state index is 12.0. The molecule has 0 aliphatic heterocycles. The Bertz CT molecular complexity index is 372. The third-order valence-corrected chi connectivity index (χ3v) is 3.17. The number of carbonyl (C=O) groups excluding carboxylic acids is 1. The van der Waals surface area contributed by atoms with E-state index in [0.29, 0.717) is 21.5 Å². The summed E-state index contributed by atoms with van der Waals surface area (Å²) in [5.41, 5.74) is 0.519. The lowest BCUT2D eigenvalue weighted by Crippen LogP contribution is -2.17. The minimum atomic E-state index is -0.0408. The van der Waals surface area contributed by atoms with E-state index in [9.17, 15) is 4.79 Å². The van der Waals surface area contributed by atoms with E-state index in [1.807, 2.05) is 20.8 Å². The fourth-order valence-electron chi connectivity index (χ4n) is 1.23. The molecular weight excluding hydrogens is 231 g/mol. The van der Waals surface area contributed by atoms with Crippen molar-refractivity contribution in [3.8, 4) is 0 Å². The third kappa shape index (κ3) is 2.96. The maximum absolute atomic E-state index is 12.0. The highest BCUT2D eigenvalue weighted by molar-refractivity contribution is 6.36. The van der Waals surface area contributed by atoms with Crippen molar-refractivity contribution in [3.05, 3.63) is 33.8 Å². The van der Waals surface area contributed by atoms with Gasteiger partial charge in [0, 0.05) is 16.5 Å². The van der Waals surface area contributed by atoms with Gasteiger partial charge in [-0.25, -0.2) is 0 Å². The van der Waals surface area contributed by atoms with Crippen LogP contribution in [0.5, 0.6) is 0 Å². The Labute approximate surface area is 100 Å². The van der Waals surface area contributed by atoms with Gasteiger partial charge in [0.15, 0.2) is 5.78 Å². The molecule has 0 amide bonds. The van der Waals surface area contributed by atoms with Crippen molar-refractivity contribution < 1.29 is 4.79 Å². The van der Waals surface area contributed by atoms with Crippen LogP contribution in [0.4, 0.5) is 0 Å². The summed E-state index contributed by atoms with van der Waals surface area (Å²) < 4.78 is 0. The van der Waals surface area contributed by atoms with Crippen molar-refractivity contribution in [2.75, 3.05) is 0 Å². The van der Waals surface area contributed by atoms with Crippen LogP contribution in [0, 0.1) is 11.8 Å². The Balaban J connectivity index is 3.05. The Morgan fingerprint density at radius 2 is 1.80 bits per heavy atom. The summed E-state index contributed by atoms with van der Waals surface area (Å²) in [5.74, 6) is 0.311. The number of halogens is 2. The summed E-state index contributed by atoms with van der Waals surface area (Å²) in [6.07, 6.45) is 0. The van der Waals surface area contributed by atoms with Gasteiger partial charge < -0.3 is 0 Å². The van der Waals surface area contributed by atoms with Crippen LogP contribution < -0.4 is 0 Å². The van der Waals surface area contributed by atoms with E-state index in [1.54, 1.807) is 18.2 Å². The lowest BCUT2D eigenvalue weighted by molar-refractivity contribution is 0.0900. The van der Waals surface area contributed by atoms with E-state index in [-0.39, 0.29) is 11.7 Å². The molecule has 0 N–H and O–H groups in total. The van der Waals surface area contributed by atoms with E-state index in [0.717, 1.165) is 0 Å². The molecule has 0 spiro atoms. The molecular formula is C12H14Cl2O. The molecule has 15 heavy (non-hydrogen) atoms. The molecule has 82 valence electrons. The lowest BCUT2D eigenvalue weighted by Gasteiger charge is -2.15. The van der Waals surface area contributed by atoms with Gasteiger partial charge in [0.1, 0.15) is 0 Å². The van der Waals surface area contributed by atoms with Crippen LogP contribution in [0.2, 0.25) is 10.0 Å². The Morgan fingerprint density at radius 1 is 1.20 bits per heavy atom. The number of carbonyl (C=O) groups is 1. The number of rotatable bonds is 3. The molecule has 0 heterocycles. The van der Waals surface area contributed by atoms with Gasteiger partial charge in [-0.2, -0.15) is 0 Å². The van der Waals surface area contributed by atoms with E-state index < -0.39 is 0 Å². The molecule has 1 rings (SSSR count). The van der Waals surface area contributed by atoms with Crippen molar-refractivity contribution in [2.45, 2.75) is 20.8 Å². The quantitative estimate of drug-likeness (QED) is 0.718. The highest BCUT2D eigenvalue weighted by Gasteiger charge is 2.20. The second kappa shape index (κ2) is 5.00. The van der Waals surface area contributed by atoms with Crippen molar-refractivity contribution in [1.29, 1.82) is 0 Å². The van der Waals surface area contributed by atoms with Crippen molar-refractivity contribution in [2.24, 2.45) is 11.8 Å². The molecule has 0 saturated heterocycles. The first-order valence-corrected chi connectivity index (χ1v) is 5.68. The molecule has 1 aromatic carbocycles. The van der Waals surface area contributed by atoms with Gasteiger partial charge >= 0.3 is 0 Å². The first-order valence-electron chi connectivity index (χ1n) is 4.92. The van der Waals surface area contributed by atoms with Gasteiger partial charge in [-0.1, -0.05) is 44.0 Å². The number of Topliss-reactive ketones (excluding diaryl/α,β-unsaturated/α-hetero) is 1. The number of ketones is 1. The largest absolute Gasteiger partial charge is 0.294 e. The molecule has 0 aliphatic carbocycles. The average Bonchev–Trinajstić information content (AvgIpc) is 2.19. The molecule has 0 saturated carbocycles. The van der Waals surface area contributed by atoms with Crippen molar-refractivity contribution in [1.82, 2.24) is 0 Å². The normalized spacial score (nSPS) is 12.9. The van der Waals surface area contributed by atoms with Crippen LogP contribution >= 0.6 is 23.2 Å². The van der Waals surface area contributed by atoms with Gasteiger partial charge in [0.05, 0.1) is 5.02 Å². The van der Waals surface area contributed by atoms with Crippen molar-refractivity contribution >= 4 is 29.0 Å². The topological polar surface area (TPSA) is 17.1 Å².